The minimum absolute atomic E-state index is 0.155. The maximum Gasteiger partial charge on any atom is 0.175 e. The lowest BCUT2D eigenvalue weighted by Crippen LogP contribution is -2.62. The van der Waals surface area contributed by atoms with E-state index in [2.05, 4.69) is 32.6 Å². The van der Waals surface area contributed by atoms with Crippen LogP contribution in [0.25, 0.3) is 5.57 Å². The quantitative estimate of drug-likeness (QED) is 0.380. The van der Waals surface area contributed by atoms with Gasteiger partial charge in [-0.2, -0.15) is 0 Å². The summed E-state index contributed by atoms with van der Waals surface area (Å²) in [4.78, 5) is 13.8. The Labute approximate surface area is 213 Å². The molecule has 0 radical (unpaired) electrons. The fourth-order valence-electron chi connectivity index (χ4n) is 6.04. The molecule has 36 heavy (non-hydrogen) atoms. The number of phenols is 2. The van der Waals surface area contributed by atoms with Crippen LogP contribution in [-0.2, 0) is 14.3 Å². The SMILES string of the molecule is C=CC(C)(C)C1=CC2C(O)C3C(=O)C(c4ccc(O)c(O)c4)=COC3C(CC=C(C)C)C2OC1(C)C. The van der Waals surface area contributed by atoms with Crippen molar-refractivity contribution in [2.45, 2.75) is 71.9 Å². The summed E-state index contributed by atoms with van der Waals surface area (Å²) in [6, 6.07) is 4.22. The Morgan fingerprint density at radius 2 is 1.86 bits per heavy atom. The second-order valence-corrected chi connectivity index (χ2v) is 11.6. The number of carbonyl (C=O) groups is 1. The van der Waals surface area contributed by atoms with Gasteiger partial charge in [-0.3, -0.25) is 4.79 Å². The van der Waals surface area contributed by atoms with Gasteiger partial charge >= 0.3 is 0 Å². The van der Waals surface area contributed by atoms with E-state index >= 15 is 0 Å². The molecule has 6 unspecified atom stereocenters. The van der Waals surface area contributed by atoms with E-state index in [0.29, 0.717) is 12.0 Å². The minimum atomic E-state index is -1.02. The first-order valence-corrected chi connectivity index (χ1v) is 12.6. The monoisotopic (exact) mass is 494 g/mol. The third-order valence-electron chi connectivity index (χ3n) is 7.98. The summed E-state index contributed by atoms with van der Waals surface area (Å²) in [5, 5.41) is 31.4. The molecule has 1 aliphatic carbocycles. The summed E-state index contributed by atoms with van der Waals surface area (Å²) in [6.45, 7) is 16.3. The van der Waals surface area contributed by atoms with Gasteiger partial charge in [0, 0.05) is 17.3 Å². The maximum atomic E-state index is 13.8. The molecule has 1 aromatic rings. The average molecular weight is 495 g/mol. The number of ether oxygens (including phenoxy) is 2. The van der Waals surface area contributed by atoms with Gasteiger partial charge in [0.2, 0.25) is 0 Å². The number of aliphatic hydroxyl groups is 1. The molecule has 6 nitrogen and oxygen atoms in total. The fraction of sp³-hybridized carbons (Fsp3) is 0.500. The summed E-state index contributed by atoms with van der Waals surface area (Å²) < 4.78 is 12.9. The number of allylic oxidation sites excluding steroid dienone is 4. The van der Waals surface area contributed by atoms with Gasteiger partial charge in [0.25, 0.3) is 0 Å². The highest BCUT2D eigenvalue weighted by molar-refractivity contribution is 6.22. The molecule has 2 heterocycles. The number of fused-ring (bicyclic) bond motifs is 2. The van der Waals surface area contributed by atoms with Gasteiger partial charge < -0.3 is 24.8 Å². The lowest BCUT2D eigenvalue weighted by molar-refractivity contribution is -0.199. The van der Waals surface area contributed by atoms with Crippen LogP contribution in [0.3, 0.4) is 0 Å². The first-order chi connectivity index (χ1) is 16.8. The fourth-order valence-corrected chi connectivity index (χ4v) is 6.04. The van der Waals surface area contributed by atoms with Crippen molar-refractivity contribution < 1.29 is 29.6 Å². The maximum absolute atomic E-state index is 13.8. The van der Waals surface area contributed by atoms with Gasteiger partial charge in [-0.1, -0.05) is 43.7 Å². The number of ketones is 1. The molecule has 3 aliphatic rings. The Morgan fingerprint density at radius 1 is 1.17 bits per heavy atom. The van der Waals surface area contributed by atoms with Crippen molar-refractivity contribution in [3.8, 4) is 11.5 Å². The Balaban J connectivity index is 1.81. The summed E-state index contributed by atoms with van der Waals surface area (Å²) in [5.74, 6) is -2.19. The van der Waals surface area contributed by atoms with Crippen molar-refractivity contribution in [1.82, 2.24) is 0 Å². The summed E-state index contributed by atoms with van der Waals surface area (Å²) in [5.41, 5.74) is 1.92. The van der Waals surface area contributed by atoms with Gasteiger partial charge in [-0.15, -0.1) is 6.58 Å². The van der Waals surface area contributed by atoms with Crippen molar-refractivity contribution in [2.24, 2.45) is 23.2 Å². The van der Waals surface area contributed by atoms with Gasteiger partial charge in [-0.05, 0) is 57.4 Å². The number of aliphatic hydroxyl groups excluding tert-OH is 1. The van der Waals surface area contributed by atoms with E-state index in [-0.39, 0.29) is 40.3 Å². The number of hydrogen-bond donors (Lipinski definition) is 3. The molecule has 3 N–H and O–H groups in total. The molecule has 2 aliphatic heterocycles. The van der Waals surface area contributed by atoms with Crippen LogP contribution in [0, 0.1) is 23.2 Å². The van der Waals surface area contributed by atoms with E-state index < -0.39 is 29.6 Å². The van der Waals surface area contributed by atoms with Crippen LogP contribution >= 0.6 is 0 Å². The highest BCUT2D eigenvalue weighted by atomic mass is 16.5. The number of Topliss-reactive ketones (excluding diaryl/α,β-unsaturated/α-hetero) is 1. The molecule has 4 rings (SSSR count). The van der Waals surface area contributed by atoms with Crippen molar-refractivity contribution in [1.29, 1.82) is 0 Å². The molecule has 0 saturated heterocycles. The third-order valence-corrected chi connectivity index (χ3v) is 7.98. The number of rotatable bonds is 5. The zero-order valence-corrected chi connectivity index (χ0v) is 22.0. The van der Waals surface area contributed by atoms with Crippen LogP contribution in [-0.4, -0.2) is 45.0 Å². The van der Waals surface area contributed by atoms with Gasteiger partial charge in [0.15, 0.2) is 17.3 Å². The van der Waals surface area contributed by atoms with E-state index in [9.17, 15) is 20.1 Å². The number of hydrogen-bond acceptors (Lipinski definition) is 6. The third kappa shape index (κ3) is 4.41. The van der Waals surface area contributed by atoms with E-state index in [0.717, 1.165) is 11.1 Å². The molecule has 1 fully saturated rings. The predicted molar refractivity (Wildman–Crippen MR) is 139 cm³/mol. The Morgan fingerprint density at radius 3 is 2.47 bits per heavy atom. The lowest BCUT2D eigenvalue weighted by atomic mass is 9.61. The smallest absolute Gasteiger partial charge is 0.175 e. The number of aromatic hydroxyl groups is 2. The largest absolute Gasteiger partial charge is 0.504 e. The Kier molecular flexibility index (Phi) is 6.73. The zero-order valence-electron chi connectivity index (χ0n) is 22.0. The summed E-state index contributed by atoms with van der Waals surface area (Å²) in [6.07, 6.45) is 6.28. The first-order valence-electron chi connectivity index (χ1n) is 12.6. The van der Waals surface area contributed by atoms with E-state index in [1.54, 1.807) is 6.07 Å². The van der Waals surface area contributed by atoms with Crippen LogP contribution in [0.15, 0.2) is 60.4 Å². The van der Waals surface area contributed by atoms with Crippen LogP contribution in [0.1, 0.15) is 53.5 Å². The average Bonchev–Trinajstić information content (AvgIpc) is 2.79. The number of carbonyl (C=O) groups excluding carboxylic acids is 1. The predicted octanol–water partition coefficient (Wildman–Crippen LogP) is 5.30. The second kappa shape index (κ2) is 9.24. The number of phenolic OH excluding ortho intramolecular Hbond substituents is 2. The number of benzene rings is 1. The van der Waals surface area contributed by atoms with Crippen LogP contribution < -0.4 is 0 Å². The Hall–Kier alpha value is -2.83. The molecule has 194 valence electrons. The van der Waals surface area contributed by atoms with Gasteiger partial charge in [0.05, 0.1) is 35.6 Å². The molecule has 6 atom stereocenters. The van der Waals surface area contributed by atoms with Gasteiger partial charge in [-0.25, -0.2) is 0 Å². The molecule has 0 amide bonds. The van der Waals surface area contributed by atoms with Crippen molar-refractivity contribution in [3.63, 3.8) is 0 Å². The van der Waals surface area contributed by atoms with Crippen LogP contribution in [0.5, 0.6) is 11.5 Å². The second-order valence-electron chi connectivity index (χ2n) is 11.6. The lowest BCUT2D eigenvalue weighted by Gasteiger charge is -2.55. The van der Waals surface area contributed by atoms with Crippen LogP contribution in [0.2, 0.25) is 0 Å². The highest BCUT2D eigenvalue weighted by Crippen LogP contribution is 2.52. The van der Waals surface area contributed by atoms with Crippen molar-refractivity contribution in [3.05, 3.63) is 66.0 Å². The minimum Gasteiger partial charge on any atom is -0.504 e. The molecule has 0 spiro atoms. The van der Waals surface area contributed by atoms with Crippen LogP contribution in [0.4, 0.5) is 0 Å². The van der Waals surface area contributed by atoms with E-state index in [4.69, 9.17) is 9.47 Å². The summed E-state index contributed by atoms with van der Waals surface area (Å²) >= 11 is 0. The molecule has 0 bridgehead atoms. The van der Waals surface area contributed by atoms with E-state index in [1.807, 2.05) is 33.8 Å². The molecule has 0 aromatic heterocycles. The first kappa shape index (κ1) is 26.2. The van der Waals surface area contributed by atoms with E-state index in [1.165, 1.54) is 18.4 Å². The van der Waals surface area contributed by atoms with Crippen molar-refractivity contribution in [2.75, 3.05) is 0 Å². The normalized spacial score (nSPS) is 31.2. The Bertz CT molecular complexity index is 1150. The molecule has 1 saturated carbocycles. The molecular weight excluding hydrogens is 456 g/mol. The molecule has 6 heteroatoms. The standard InChI is InChI=1S/C30H38O6/c1-8-29(4,5)23-14-19-25(33)24-26(34)20(17-10-12-21(31)22(32)13-17)15-35-28(24)18(11-9-16(2)3)27(19)36-30(23,6)7/h8-10,12-15,18-19,24-25,27-28,31-33H,1,11H2,2-7H3. The summed E-state index contributed by atoms with van der Waals surface area (Å²) in [7, 11) is 0. The molecule has 1 aromatic carbocycles. The highest BCUT2D eigenvalue weighted by Gasteiger charge is 2.58. The topological polar surface area (TPSA) is 96.2 Å². The van der Waals surface area contributed by atoms with Crippen molar-refractivity contribution >= 4 is 11.4 Å². The van der Waals surface area contributed by atoms with Gasteiger partial charge in [0.1, 0.15) is 6.10 Å². The molecular formula is C30H38O6. The zero-order chi connectivity index (χ0) is 26.6.